The Bertz CT molecular complexity index is 439. The van der Waals surface area contributed by atoms with Gasteiger partial charge in [0.05, 0.1) is 13.2 Å². The van der Waals surface area contributed by atoms with Crippen LogP contribution in [0.1, 0.15) is 65.7 Å². The van der Waals surface area contributed by atoms with Crippen molar-refractivity contribution in [3.63, 3.8) is 0 Å². The summed E-state index contributed by atoms with van der Waals surface area (Å²) in [5.74, 6) is 1.26. The number of nitrogens with zero attached hydrogens (tertiary/aromatic N) is 1. The van der Waals surface area contributed by atoms with Crippen LogP contribution in [-0.4, -0.2) is 51.9 Å². The number of guanidine groups is 1. The van der Waals surface area contributed by atoms with Gasteiger partial charge in [-0.1, -0.05) is 33.6 Å². The maximum absolute atomic E-state index is 11.0. The standard InChI is InChI=1S/C20H39N3O3.HI/c1-20(2,3)18-16(11-10-14-26-18)15-23-19(21-4)22-13-9-7-6-8-12-17(24)25-5;/h16,18H,6-15H2,1-5H3,(H2,21,22,23);1H. The molecular weight excluding hydrogens is 457 g/mol. The average Bonchev–Trinajstić information content (AvgIpc) is 2.62. The first-order chi connectivity index (χ1) is 12.4. The van der Waals surface area contributed by atoms with Crippen molar-refractivity contribution in [3.05, 3.63) is 0 Å². The smallest absolute Gasteiger partial charge is 0.305 e. The number of unbranched alkanes of at least 4 members (excludes halogenated alkanes) is 3. The summed E-state index contributed by atoms with van der Waals surface area (Å²) in [5, 5.41) is 6.84. The molecule has 6 nitrogen and oxygen atoms in total. The van der Waals surface area contributed by atoms with Crippen molar-refractivity contribution < 1.29 is 14.3 Å². The molecule has 0 aromatic rings. The molecule has 2 atom stereocenters. The minimum Gasteiger partial charge on any atom is -0.469 e. The van der Waals surface area contributed by atoms with Crippen LogP contribution in [0.4, 0.5) is 0 Å². The van der Waals surface area contributed by atoms with E-state index < -0.39 is 0 Å². The Morgan fingerprint density at radius 2 is 1.89 bits per heavy atom. The summed E-state index contributed by atoms with van der Waals surface area (Å²) in [6.45, 7) is 9.42. The maximum atomic E-state index is 11.0. The summed E-state index contributed by atoms with van der Waals surface area (Å²) in [5.41, 5.74) is 0.161. The second-order valence-corrected chi connectivity index (χ2v) is 8.18. The largest absolute Gasteiger partial charge is 0.469 e. The topological polar surface area (TPSA) is 72.0 Å². The molecule has 1 rings (SSSR count). The summed E-state index contributed by atoms with van der Waals surface area (Å²) in [7, 11) is 3.25. The zero-order valence-corrected chi connectivity index (χ0v) is 20.1. The van der Waals surface area contributed by atoms with Crippen LogP contribution in [0.2, 0.25) is 0 Å². The Morgan fingerprint density at radius 3 is 2.52 bits per heavy atom. The molecule has 0 amide bonds. The summed E-state index contributed by atoms with van der Waals surface area (Å²) in [6, 6.07) is 0. The molecule has 0 bridgehead atoms. The van der Waals surface area contributed by atoms with Crippen LogP contribution in [-0.2, 0) is 14.3 Å². The van der Waals surface area contributed by atoms with E-state index in [0.29, 0.717) is 12.3 Å². The predicted octanol–water partition coefficient (Wildman–Crippen LogP) is 3.73. The van der Waals surface area contributed by atoms with Crippen LogP contribution < -0.4 is 10.6 Å². The lowest BCUT2D eigenvalue weighted by molar-refractivity contribution is -0.140. The van der Waals surface area contributed by atoms with Gasteiger partial charge in [0.2, 0.25) is 0 Å². The number of ether oxygens (including phenoxy) is 2. The van der Waals surface area contributed by atoms with Crippen LogP contribution in [0.15, 0.2) is 4.99 Å². The zero-order chi connectivity index (χ0) is 19.4. The van der Waals surface area contributed by atoms with E-state index >= 15 is 0 Å². The average molecular weight is 497 g/mol. The van der Waals surface area contributed by atoms with Gasteiger partial charge in [-0.25, -0.2) is 0 Å². The van der Waals surface area contributed by atoms with E-state index in [2.05, 4.69) is 41.1 Å². The van der Waals surface area contributed by atoms with Crippen molar-refractivity contribution in [2.75, 3.05) is 33.9 Å². The molecule has 0 aromatic carbocycles. The molecule has 2 N–H and O–H groups in total. The van der Waals surface area contributed by atoms with Crippen molar-refractivity contribution in [2.45, 2.75) is 71.8 Å². The number of hydrogen-bond acceptors (Lipinski definition) is 4. The Morgan fingerprint density at radius 1 is 1.19 bits per heavy atom. The molecule has 1 aliphatic rings. The molecule has 0 aliphatic carbocycles. The molecule has 1 aliphatic heterocycles. The van der Waals surface area contributed by atoms with E-state index in [0.717, 1.165) is 57.8 Å². The number of nitrogens with one attached hydrogen (secondary N) is 2. The quantitative estimate of drug-likeness (QED) is 0.167. The third-order valence-electron chi connectivity index (χ3n) is 4.88. The van der Waals surface area contributed by atoms with E-state index in [1.54, 1.807) is 0 Å². The molecule has 1 heterocycles. The third kappa shape index (κ3) is 11.1. The highest BCUT2D eigenvalue weighted by molar-refractivity contribution is 14.0. The highest BCUT2D eigenvalue weighted by Crippen LogP contribution is 2.33. The maximum Gasteiger partial charge on any atom is 0.305 e. The first-order valence-electron chi connectivity index (χ1n) is 10.0. The molecule has 0 aromatic heterocycles. The van der Waals surface area contributed by atoms with E-state index in [1.807, 2.05) is 7.05 Å². The zero-order valence-electron chi connectivity index (χ0n) is 17.8. The fourth-order valence-electron chi connectivity index (χ4n) is 3.51. The molecule has 0 spiro atoms. The molecule has 0 radical (unpaired) electrons. The summed E-state index contributed by atoms with van der Waals surface area (Å²) < 4.78 is 10.7. The molecular formula is C20H40IN3O3. The number of carbonyl (C=O) groups excluding carboxylic acids is 1. The molecule has 1 saturated heterocycles. The first kappa shape index (κ1) is 26.4. The lowest BCUT2D eigenvalue weighted by Crippen LogP contribution is -2.47. The fourth-order valence-corrected chi connectivity index (χ4v) is 3.51. The van der Waals surface area contributed by atoms with Crippen LogP contribution in [0.5, 0.6) is 0 Å². The molecule has 7 heteroatoms. The summed E-state index contributed by atoms with van der Waals surface area (Å²) in [6.07, 6.45) is 7.26. The SMILES string of the molecule is CN=C(NCCCCCCC(=O)OC)NCC1CCCOC1C(C)(C)C.I. The van der Waals surface area contributed by atoms with Gasteiger partial charge in [0.25, 0.3) is 0 Å². The van der Waals surface area contributed by atoms with Gasteiger partial charge in [-0.05, 0) is 31.1 Å². The molecule has 27 heavy (non-hydrogen) atoms. The van der Waals surface area contributed by atoms with Gasteiger partial charge >= 0.3 is 5.97 Å². The fraction of sp³-hybridized carbons (Fsp3) is 0.900. The summed E-state index contributed by atoms with van der Waals surface area (Å²) >= 11 is 0. The van der Waals surface area contributed by atoms with Crippen molar-refractivity contribution >= 4 is 35.9 Å². The number of aliphatic imine (C=N–C) groups is 1. The number of halogens is 1. The lowest BCUT2D eigenvalue weighted by atomic mass is 9.78. The van der Waals surface area contributed by atoms with Gasteiger partial charge in [-0.3, -0.25) is 9.79 Å². The number of rotatable bonds is 9. The van der Waals surface area contributed by atoms with Crippen LogP contribution in [0.25, 0.3) is 0 Å². The highest BCUT2D eigenvalue weighted by atomic mass is 127. The van der Waals surface area contributed by atoms with Gasteiger partial charge in [0, 0.05) is 39.1 Å². The van der Waals surface area contributed by atoms with Gasteiger partial charge in [0.1, 0.15) is 0 Å². The third-order valence-corrected chi connectivity index (χ3v) is 4.88. The minimum absolute atomic E-state index is 0. The monoisotopic (exact) mass is 497 g/mol. The van der Waals surface area contributed by atoms with E-state index in [-0.39, 0.29) is 41.5 Å². The Balaban J connectivity index is 0.00000676. The van der Waals surface area contributed by atoms with E-state index in [9.17, 15) is 4.79 Å². The second kappa shape index (κ2) is 14.4. The first-order valence-corrected chi connectivity index (χ1v) is 10.0. The van der Waals surface area contributed by atoms with Crippen molar-refractivity contribution in [2.24, 2.45) is 16.3 Å². The van der Waals surface area contributed by atoms with Crippen LogP contribution in [0, 0.1) is 11.3 Å². The van der Waals surface area contributed by atoms with Crippen LogP contribution in [0.3, 0.4) is 0 Å². The normalized spacial score (nSPS) is 20.6. The van der Waals surface area contributed by atoms with Crippen LogP contribution >= 0.6 is 24.0 Å². The molecule has 1 fully saturated rings. The van der Waals surface area contributed by atoms with Crippen molar-refractivity contribution in [1.29, 1.82) is 0 Å². The van der Waals surface area contributed by atoms with Crippen molar-refractivity contribution in [1.82, 2.24) is 10.6 Å². The molecule has 2 unspecified atom stereocenters. The predicted molar refractivity (Wildman–Crippen MR) is 122 cm³/mol. The van der Waals surface area contributed by atoms with Gasteiger partial charge in [0.15, 0.2) is 5.96 Å². The van der Waals surface area contributed by atoms with E-state index in [4.69, 9.17) is 4.74 Å². The molecule has 0 saturated carbocycles. The number of methoxy groups -OCH3 is 1. The van der Waals surface area contributed by atoms with E-state index in [1.165, 1.54) is 13.5 Å². The Labute approximate surface area is 182 Å². The van der Waals surface area contributed by atoms with Gasteiger partial charge in [-0.2, -0.15) is 0 Å². The number of hydrogen-bond donors (Lipinski definition) is 2. The summed E-state index contributed by atoms with van der Waals surface area (Å²) in [4.78, 5) is 15.4. The highest BCUT2D eigenvalue weighted by Gasteiger charge is 2.35. The molecule has 160 valence electrons. The Hall–Kier alpha value is -0.570. The van der Waals surface area contributed by atoms with Crippen molar-refractivity contribution in [3.8, 4) is 0 Å². The Kier molecular flexibility index (Phi) is 14.1. The minimum atomic E-state index is -0.118. The van der Waals surface area contributed by atoms with Gasteiger partial charge < -0.3 is 20.1 Å². The lowest BCUT2D eigenvalue weighted by Gasteiger charge is -2.40. The number of esters is 1. The second-order valence-electron chi connectivity index (χ2n) is 8.18. The number of carbonyl (C=O) groups is 1. The van der Waals surface area contributed by atoms with Gasteiger partial charge in [-0.15, -0.1) is 24.0 Å².